The van der Waals surface area contributed by atoms with Crippen LogP contribution in [0.5, 0.6) is 5.88 Å². The fraction of sp³-hybridized carbons (Fsp3) is 0.359. The van der Waals surface area contributed by atoms with Gasteiger partial charge in [-0.2, -0.15) is 10.1 Å². The predicted octanol–water partition coefficient (Wildman–Crippen LogP) is 6.48. The topological polar surface area (TPSA) is 148 Å². The van der Waals surface area contributed by atoms with Gasteiger partial charge in [0.25, 0.3) is 0 Å². The number of benzene rings is 3. The van der Waals surface area contributed by atoms with Gasteiger partial charge in [0.1, 0.15) is 12.4 Å². The Labute approximate surface area is 293 Å². The van der Waals surface area contributed by atoms with Crippen LogP contribution >= 0.6 is 0 Å². The number of hydrogen-bond acceptors (Lipinski definition) is 10. The largest absolute Gasteiger partial charge is 0.472 e. The first-order valence-corrected chi connectivity index (χ1v) is 17.2. The number of anilines is 2. The van der Waals surface area contributed by atoms with Gasteiger partial charge < -0.3 is 20.7 Å². The van der Waals surface area contributed by atoms with E-state index in [1.807, 2.05) is 97.9 Å². The Morgan fingerprint density at radius 2 is 1.64 bits per heavy atom. The van der Waals surface area contributed by atoms with E-state index in [1.165, 1.54) is 0 Å². The Kier molecular flexibility index (Phi) is 11.3. The van der Waals surface area contributed by atoms with Crippen LogP contribution in [0.2, 0.25) is 0 Å². The number of nitrogens with one attached hydrogen (secondary N) is 1. The molecule has 0 spiro atoms. The first-order chi connectivity index (χ1) is 24.4. The molecule has 0 saturated heterocycles. The lowest BCUT2D eigenvalue weighted by atomic mass is 9.77. The molecule has 11 heteroatoms. The van der Waals surface area contributed by atoms with Gasteiger partial charge in [0.2, 0.25) is 17.7 Å². The number of azo groups is 1. The van der Waals surface area contributed by atoms with Crippen LogP contribution < -0.4 is 20.7 Å². The van der Waals surface area contributed by atoms with Crippen LogP contribution in [0, 0.1) is 17.8 Å². The van der Waals surface area contributed by atoms with E-state index < -0.39 is 5.92 Å². The van der Waals surface area contributed by atoms with Crippen LogP contribution in [0.1, 0.15) is 48.8 Å². The summed E-state index contributed by atoms with van der Waals surface area (Å²) in [4.78, 5) is 42.7. The van der Waals surface area contributed by atoms with Crippen molar-refractivity contribution in [3.05, 3.63) is 102 Å². The third-order valence-electron chi connectivity index (χ3n) is 9.42. The number of ketones is 1. The Bertz CT molecular complexity index is 1820. The highest BCUT2D eigenvalue weighted by atomic mass is 16.5. The quantitative estimate of drug-likeness (QED) is 0.156. The fourth-order valence-corrected chi connectivity index (χ4v) is 6.42. The van der Waals surface area contributed by atoms with Crippen molar-refractivity contribution in [2.45, 2.75) is 45.1 Å². The summed E-state index contributed by atoms with van der Waals surface area (Å²) in [6, 6.07) is 25.3. The smallest absolute Gasteiger partial charge is 0.228 e. The molecule has 1 aromatic heterocycles. The molecule has 0 bridgehead atoms. The van der Waals surface area contributed by atoms with E-state index in [1.54, 1.807) is 6.20 Å². The third kappa shape index (κ3) is 8.83. The van der Waals surface area contributed by atoms with Crippen molar-refractivity contribution in [1.82, 2.24) is 9.97 Å². The highest BCUT2D eigenvalue weighted by molar-refractivity contribution is 6.01. The van der Waals surface area contributed by atoms with Gasteiger partial charge in [0, 0.05) is 49.8 Å². The normalized spacial score (nSPS) is 17.5. The second-order valence-electron chi connectivity index (χ2n) is 13.2. The van der Waals surface area contributed by atoms with Crippen molar-refractivity contribution >= 4 is 29.2 Å². The zero-order chi connectivity index (χ0) is 34.9. The number of aliphatic imine (C=N–C) groups is 1. The van der Waals surface area contributed by atoms with Crippen molar-refractivity contribution in [3.8, 4) is 17.0 Å². The number of hydrogen-bond donors (Lipinski definition) is 2. The standard InChI is InChI=1S/C39H44N8O3/c1-47(2)39-41-23-34(38(45-39)50-24-28-6-4-3-5-7-28)29-12-8-26(9-13-29)20-32(21-35(48)30-14-10-27(22-40)11-15-30)37(49)44-33-18-16-31(17-19-33)36-42-25-43-46-36/h3-9,12-13,16-19,23,27,30,32H,10-11,14-15,20-22,24-25,40H2,1-2H3,(H,44,49)/t27?,30?,32-/m1/s1. The van der Waals surface area contributed by atoms with Crippen molar-refractivity contribution in [2.75, 3.05) is 37.5 Å². The minimum Gasteiger partial charge on any atom is -0.472 e. The molecule has 1 aliphatic heterocycles. The fourth-order valence-electron chi connectivity index (χ4n) is 6.42. The van der Waals surface area contributed by atoms with Gasteiger partial charge in [0.15, 0.2) is 12.5 Å². The summed E-state index contributed by atoms with van der Waals surface area (Å²) in [6.45, 7) is 1.36. The molecule has 1 aliphatic carbocycles. The molecule has 1 atom stereocenters. The number of nitrogens with zero attached hydrogens (tertiary/aromatic N) is 6. The summed E-state index contributed by atoms with van der Waals surface area (Å²) in [5, 5.41) is 11.0. The summed E-state index contributed by atoms with van der Waals surface area (Å²) < 4.78 is 6.21. The molecule has 1 fully saturated rings. The van der Waals surface area contributed by atoms with E-state index in [9.17, 15) is 9.59 Å². The van der Waals surface area contributed by atoms with Gasteiger partial charge in [-0.25, -0.2) is 9.98 Å². The van der Waals surface area contributed by atoms with Crippen LogP contribution in [0.3, 0.4) is 0 Å². The van der Waals surface area contributed by atoms with E-state index >= 15 is 0 Å². The molecule has 0 unspecified atom stereocenters. The summed E-state index contributed by atoms with van der Waals surface area (Å²) in [6.07, 6.45) is 5.94. The Hall–Kier alpha value is -5.29. The van der Waals surface area contributed by atoms with Crippen LogP contribution in [-0.4, -0.2) is 54.8 Å². The number of amidine groups is 1. The molecule has 2 heterocycles. The van der Waals surface area contributed by atoms with E-state index in [0.717, 1.165) is 53.5 Å². The molecule has 258 valence electrons. The van der Waals surface area contributed by atoms with Gasteiger partial charge >= 0.3 is 0 Å². The molecular weight excluding hydrogens is 628 g/mol. The molecule has 6 rings (SSSR count). The van der Waals surface area contributed by atoms with Crippen molar-refractivity contribution < 1.29 is 14.3 Å². The average Bonchev–Trinajstić information content (AvgIpc) is 3.70. The SMILES string of the molecule is CN(C)c1ncc(-c2ccc(C[C@H](CC(=O)C3CCC(CN)CC3)C(=O)Nc3ccc(C4=NCN=N4)cc3)cc2)c(OCc2ccccc2)n1. The molecule has 3 N–H and O–H groups in total. The number of amides is 1. The molecule has 0 radical (unpaired) electrons. The Morgan fingerprint density at radius 1 is 0.920 bits per heavy atom. The lowest BCUT2D eigenvalue weighted by Crippen LogP contribution is -2.31. The number of carbonyl (C=O) groups excluding carboxylic acids is 2. The lowest BCUT2D eigenvalue weighted by molar-refractivity contribution is -0.129. The molecule has 3 aromatic carbocycles. The molecule has 1 saturated carbocycles. The van der Waals surface area contributed by atoms with E-state index in [2.05, 4.69) is 25.5 Å². The molecule has 4 aromatic rings. The van der Waals surface area contributed by atoms with Gasteiger partial charge in [0.05, 0.1) is 5.56 Å². The second-order valence-corrected chi connectivity index (χ2v) is 13.2. The van der Waals surface area contributed by atoms with Gasteiger partial charge in [-0.05, 0) is 85.5 Å². The lowest BCUT2D eigenvalue weighted by Gasteiger charge is -2.27. The molecular formula is C39H44N8O3. The monoisotopic (exact) mass is 672 g/mol. The van der Waals surface area contributed by atoms with Crippen LogP contribution in [0.4, 0.5) is 11.6 Å². The van der Waals surface area contributed by atoms with E-state index in [0.29, 0.717) is 55.5 Å². The number of Topliss-reactive ketones (excluding diaryl/α,β-unsaturated/α-hetero) is 1. The van der Waals surface area contributed by atoms with Crippen molar-refractivity contribution in [1.29, 1.82) is 0 Å². The average molecular weight is 673 g/mol. The Morgan fingerprint density at radius 3 is 2.30 bits per heavy atom. The van der Waals surface area contributed by atoms with Crippen molar-refractivity contribution in [3.63, 3.8) is 0 Å². The van der Waals surface area contributed by atoms with E-state index in [4.69, 9.17) is 15.5 Å². The first kappa shape index (κ1) is 34.6. The number of aromatic nitrogens is 2. The van der Waals surface area contributed by atoms with Crippen LogP contribution in [-0.2, 0) is 22.6 Å². The number of nitrogens with two attached hydrogens (primary N) is 1. The molecule has 50 heavy (non-hydrogen) atoms. The maximum atomic E-state index is 13.8. The number of rotatable bonds is 14. The summed E-state index contributed by atoms with van der Waals surface area (Å²) >= 11 is 0. The van der Waals surface area contributed by atoms with Gasteiger partial charge in [-0.15, -0.1) is 5.11 Å². The zero-order valence-electron chi connectivity index (χ0n) is 28.7. The minimum absolute atomic E-state index is 0.0319. The minimum atomic E-state index is -0.541. The van der Waals surface area contributed by atoms with E-state index in [-0.39, 0.29) is 24.0 Å². The van der Waals surface area contributed by atoms with Crippen LogP contribution in [0.25, 0.3) is 11.1 Å². The summed E-state index contributed by atoms with van der Waals surface area (Å²) in [5.74, 6) is 1.48. The summed E-state index contributed by atoms with van der Waals surface area (Å²) in [5.41, 5.74) is 11.0. The number of carbonyl (C=O) groups is 2. The van der Waals surface area contributed by atoms with Gasteiger partial charge in [-0.3, -0.25) is 9.59 Å². The third-order valence-corrected chi connectivity index (χ3v) is 9.42. The second kappa shape index (κ2) is 16.4. The highest BCUT2D eigenvalue weighted by Gasteiger charge is 2.30. The maximum absolute atomic E-state index is 13.8. The zero-order valence-corrected chi connectivity index (χ0v) is 28.7. The summed E-state index contributed by atoms with van der Waals surface area (Å²) in [7, 11) is 3.78. The highest BCUT2D eigenvalue weighted by Crippen LogP contribution is 2.33. The first-order valence-electron chi connectivity index (χ1n) is 17.2. The predicted molar refractivity (Wildman–Crippen MR) is 195 cm³/mol. The Balaban J connectivity index is 1.19. The van der Waals surface area contributed by atoms with Gasteiger partial charge in [-0.1, -0.05) is 54.6 Å². The van der Waals surface area contributed by atoms with Crippen molar-refractivity contribution in [2.24, 2.45) is 38.7 Å². The molecule has 2 aliphatic rings. The molecule has 11 nitrogen and oxygen atoms in total. The maximum Gasteiger partial charge on any atom is 0.228 e. The van der Waals surface area contributed by atoms with Crippen LogP contribution in [0.15, 0.2) is 100 Å². The number of ether oxygens (including phenoxy) is 1. The molecule has 1 amide bonds.